The number of fused-ring (bicyclic) bond motifs is 1. The van der Waals surface area contributed by atoms with Crippen LogP contribution >= 0.6 is 0 Å². The lowest BCUT2D eigenvalue weighted by Crippen LogP contribution is -2.44. The van der Waals surface area contributed by atoms with Crippen LogP contribution in [0.1, 0.15) is 37.9 Å². The smallest absolute Gasteiger partial charge is 0.179 e. The molecular formula is C12H17N5. The lowest BCUT2D eigenvalue weighted by atomic mass is 9.80. The van der Waals surface area contributed by atoms with E-state index >= 15 is 0 Å². The van der Waals surface area contributed by atoms with Crippen LogP contribution in [-0.2, 0) is 6.42 Å². The van der Waals surface area contributed by atoms with E-state index in [9.17, 15) is 0 Å². The van der Waals surface area contributed by atoms with Crippen LogP contribution in [0.15, 0.2) is 18.6 Å². The minimum atomic E-state index is -0.0928. The zero-order chi connectivity index (χ0) is 11.7. The Hall–Kier alpha value is -1.49. The molecule has 2 heterocycles. The third-order valence-corrected chi connectivity index (χ3v) is 3.64. The molecule has 17 heavy (non-hydrogen) atoms. The van der Waals surface area contributed by atoms with E-state index in [2.05, 4.69) is 15.2 Å². The first-order chi connectivity index (χ1) is 8.27. The second-order valence-corrected chi connectivity index (χ2v) is 5.02. The van der Waals surface area contributed by atoms with Crippen molar-refractivity contribution in [1.82, 2.24) is 19.6 Å². The van der Waals surface area contributed by atoms with Gasteiger partial charge in [0, 0.05) is 24.4 Å². The molecule has 2 N–H and O–H groups in total. The van der Waals surface area contributed by atoms with Gasteiger partial charge in [0.15, 0.2) is 5.65 Å². The maximum atomic E-state index is 6.44. The molecule has 0 aliphatic heterocycles. The van der Waals surface area contributed by atoms with E-state index in [0.717, 1.165) is 30.7 Å². The first-order valence-corrected chi connectivity index (χ1v) is 6.19. The van der Waals surface area contributed by atoms with E-state index in [1.807, 2.05) is 10.6 Å². The fourth-order valence-corrected chi connectivity index (χ4v) is 2.67. The summed E-state index contributed by atoms with van der Waals surface area (Å²) in [6.07, 6.45) is 12.1. The van der Waals surface area contributed by atoms with Crippen molar-refractivity contribution < 1.29 is 0 Å². The van der Waals surface area contributed by atoms with Gasteiger partial charge in [0.05, 0.1) is 6.20 Å². The second-order valence-electron chi connectivity index (χ2n) is 5.02. The monoisotopic (exact) mass is 231 g/mol. The van der Waals surface area contributed by atoms with Crippen molar-refractivity contribution in [3.63, 3.8) is 0 Å². The molecule has 0 aromatic carbocycles. The van der Waals surface area contributed by atoms with Crippen LogP contribution in [-0.4, -0.2) is 25.1 Å². The highest BCUT2D eigenvalue weighted by molar-refractivity contribution is 5.34. The van der Waals surface area contributed by atoms with Gasteiger partial charge in [-0.15, -0.1) is 10.2 Å². The van der Waals surface area contributed by atoms with Crippen LogP contribution in [0.25, 0.3) is 5.65 Å². The fourth-order valence-electron chi connectivity index (χ4n) is 2.67. The van der Waals surface area contributed by atoms with E-state index in [1.165, 1.54) is 19.3 Å². The molecule has 0 atom stereocenters. The highest BCUT2D eigenvalue weighted by Gasteiger charge is 2.29. The van der Waals surface area contributed by atoms with Gasteiger partial charge in [-0.1, -0.05) is 19.3 Å². The second kappa shape index (κ2) is 4.07. The van der Waals surface area contributed by atoms with Crippen LogP contribution in [0, 0.1) is 0 Å². The molecule has 1 aliphatic rings. The highest BCUT2D eigenvalue weighted by Crippen LogP contribution is 2.28. The molecule has 2 aromatic heterocycles. The molecule has 0 radical (unpaired) electrons. The van der Waals surface area contributed by atoms with Gasteiger partial charge in [0.2, 0.25) is 0 Å². The summed E-state index contributed by atoms with van der Waals surface area (Å²) >= 11 is 0. The molecule has 0 bridgehead atoms. The first-order valence-electron chi connectivity index (χ1n) is 6.19. The first kappa shape index (κ1) is 10.7. The summed E-state index contributed by atoms with van der Waals surface area (Å²) in [5.74, 6) is 0.951. The van der Waals surface area contributed by atoms with E-state index in [0.29, 0.717) is 0 Å². The van der Waals surface area contributed by atoms with Crippen molar-refractivity contribution in [2.75, 3.05) is 0 Å². The van der Waals surface area contributed by atoms with E-state index in [4.69, 9.17) is 5.73 Å². The summed E-state index contributed by atoms with van der Waals surface area (Å²) in [5, 5.41) is 8.34. The maximum absolute atomic E-state index is 6.44. The minimum absolute atomic E-state index is 0.0928. The standard InChI is InChI=1S/C12H17N5/c13-12(4-2-1-3-5-12)8-10-15-16-11-9-14-6-7-17(10)11/h6-7,9H,1-5,8,13H2. The lowest BCUT2D eigenvalue weighted by molar-refractivity contribution is 0.289. The number of hydrogen-bond donors (Lipinski definition) is 1. The molecule has 1 fully saturated rings. The van der Waals surface area contributed by atoms with Crippen molar-refractivity contribution >= 4 is 5.65 Å². The number of nitrogens with two attached hydrogens (primary N) is 1. The summed E-state index contributed by atoms with van der Waals surface area (Å²) in [6, 6.07) is 0. The van der Waals surface area contributed by atoms with Crippen LogP contribution < -0.4 is 5.73 Å². The summed E-state index contributed by atoms with van der Waals surface area (Å²) < 4.78 is 1.98. The highest BCUT2D eigenvalue weighted by atomic mass is 15.3. The van der Waals surface area contributed by atoms with Crippen LogP contribution in [0.2, 0.25) is 0 Å². The third kappa shape index (κ3) is 2.02. The quantitative estimate of drug-likeness (QED) is 0.846. The Labute approximate surface area is 100 Å². The Morgan fingerprint density at radius 3 is 2.88 bits per heavy atom. The predicted molar refractivity (Wildman–Crippen MR) is 64.5 cm³/mol. The molecule has 1 aliphatic carbocycles. The number of aromatic nitrogens is 4. The van der Waals surface area contributed by atoms with Crippen molar-refractivity contribution in [2.45, 2.75) is 44.1 Å². The summed E-state index contributed by atoms with van der Waals surface area (Å²) in [7, 11) is 0. The summed E-state index contributed by atoms with van der Waals surface area (Å²) in [5.41, 5.74) is 7.15. The molecule has 0 unspecified atom stereocenters. The molecule has 1 saturated carbocycles. The molecule has 5 heteroatoms. The van der Waals surface area contributed by atoms with Gasteiger partial charge in [-0.05, 0) is 12.8 Å². The van der Waals surface area contributed by atoms with Gasteiger partial charge in [0.25, 0.3) is 0 Å². The zero-order valence-corrected chi connectivity index (χ0v) is 9.84. The predicted octanol–water partition coefficient (Wildman–Crippen LogP) is 1.33. The Kier molecular flexibility index (Phi) is 2.55. The molecule has 2 aromatic rings. The Balaban J connectivity index is 1.89. The number of nitrogens with zero attached hydrogens (tertiary/aromatic N) is 4. The Bertz CT molecular complexity index is 512. The summed E-state index contributed by atoms with van der Waals surface area (Å²) in [4.78, 5) is 4.04. The molecule has 0 amide bonds. The van der Waals surface area contributed by atoms with Crippen LogP contribution in [0.4, 0.5) is 0 Å². The largest absolute Gasteiger partial charge is 0.325 e. The zero-order valence-electron chi connectivity index (χ0n) is 9.84. The average molecular weight is 231 g/mol. The average Bonchev–Trinajstić information content (AvgIpc) is 2.73. The Morgan fingerprint density at radius 1 is 1.24 bits per heavy atom. The Morgan fingerprint density at radius 2 is 2.06 bits per heavy atom. The van der Waals surface area contributed by atoms with Gasteiger partial charge in [-0.2, -0.15) is 0 Å². The number of rotatable bonds is 2. The van der Waals surface area contributed by atoms with Crippen LogP contribution in [0.3, 0.4) is 0 Å². The SMILES string of the molecule is NC1(Cc2nnc3cnccn23)CCCCC1. The van der Waals surface area contributed by atoms with Crippen molar-refractivity contribution in [3.05, 3.63) is 24.4 Å². The van der Waals surface area contributed by atoms with Gasteiger partial charge in [-0.25, -0.2) is 0 Å². The van der Waals surface area contributed by atoms with Gasteiger partial charge in [-0.3, -0.25) is 9.38 Å². The van der Waals surface area contributed by atoms with Gasteiger partial charge in [0.1, 0.15) is 5.82 Å². The minimum Gasteiger partial charge on any atom is -0.325 e. The molecular weight excluding hydrogens is 214 g/mol. The molecule has 5 nitrogen and oxygen atoms in total. The lowest BCUT2D eigenvalue weighted by Gasteiger charge is -2.32. The van der Waals surface area contributed by atoms with Crippen LogP contribution in [0.5, 0.6) is 0 Å². The normalized spacial score (nSPS) is 19.6. The van der Waals surface area contributed by atoms with Gasteiger partial charge >= 0.3 is 0 Å². The molecule has 90 valence electrons. The van der Waals surface area contributed by atoms with E-state index in [1.54, 1.807) is 12.4 Å². The number of hydrogen-bond acceptors (Lipinski definition) is 4. The maximum Gasteiger partial charge on any atom is 0.179 e. The van der Waals surface area contributed by atoms with Crippen molar-refractivity contribution in [2.24, 2.45) is 5.73 Å². The topological polar surface area (TPSA) is 69.1 Å². The molecule has 0 spiro atoms. The molecule has 3 rings (SSSR count). The van der Waals surface area contributed by atoms with Crippen molar-refractivity contribution in [1.29, 1.82) is 0 Å². The fraction of sp³-hybridized carbons (Fsp3) is 0.583. The van der Waals surface area contributed by atoms with E-state index in [-0.39, 0.29) is 5.54 Å². The molecule has 0 saturated heterocycles. The summed E-state index contributed by atoms with van der Waals surface area (Å²) in [6.45, 7) is 0. The van der Waals surface area contributed by atoms with Crippen molar-refractivity contribution in [3.8, 4) is 0 Å². The van der Waals surface area contributed by atoms with Gasteiger partial charge < -0.3 is 5.73 Å². The van der Waals surface area contributed by atoms with E-state index < -0.39 is 0 Å². The third-order valence-electron chi connectivity index (χ3n) is 3.64.